The average Bonchev–Trinajstić information content (AvgIpc) is 3.22. The number of aromatic nitrogens is 1. The molecule has 2 aromatic rings. The molecular formula is C29H42N4O2. The lowest BCUT2D eigenvalue weighted by molar-refractivity contribution is -0.126. The van der Waals surface area contributed by atoms with E-state index in [1.54, 1.807) is 0 Å². The van der Waals surface area contributed by atoms with Gasteiger partial charge in [0.15, 0.2) is 0 Å². The molecule has 1 amide bonds. The molecule has 1 aromatic heterocycles. The largest absolute Gasteiger partial charge is 0.441 e. The van der Waals surface area contributed by atoms with Crippen molar-refractivity contribution in [3.63, 3.8) is 0 Å². The summed E-state index contributed by atoms with van der Waals surface area (Å²) in [6.07, 6.45) is 8.64. The normalized spacial score (nSPS) is 23.9. The van der Waals surface area contributed by atoms with Crippen LogP contribution in [0, 0.1) is 31.6 Å². The first-order valence-corrected chi connectivity index (χ1v) is 13.8. The van der Waals surface area contributed by atoms with Crippen LogP contribution in [0.1, 0.15) is 62.0 Å². The molecule has 190 valence electrons. The molecule has 6 heteroatoms. The summed E-state index contributed by atoms with van der Waals surface area (Å²) in [4.78, 5) is 22.6. The Bertz CT molecular complexity index is 982. The van der Waals surface area contributed by atoms with Crippen molar-refractivity contribution in [2.75, 3.05) is 39.3 Å². The van der Waals surface area contributed by atoms with E-state index in [-0.39, 0.29) is 11.8 Å². The van der Waals surface area contributed by atoms with Gasteiger partial charge >= 0.3 is 0 Å². The van der Waals surface area contributed by atoms with Crippen LogP contribution in [0.4, 0.5) is 0 Å². The van der Waals surface area contributed by atoms with E-state index in [0.29, 0.717) is 5.89 Å². The Morgan fingerprint density at radius 3 is 2.54 bits per heavy atom. The molecule has 2 aliphatic heterocycles. The third kappa shape index (κ3) is 6.15. The number of nitrogens with one attached hydrogen (secondary N) is 1. The molecule has 3 aliphatic rings. The minimum absolute atomic E-state index is 0.140. The Labute approximate surface area is 210 Å². The predicted molar refractivity (Wildman–Crippen MR) is 139 cm³/mol. The van der Waals surface area contributed by atoms with E-state index in [1.807, 2.05) is 19.1 Å². The number of amides is 1. The second-order valence-corrected chi connectivity index (χ2v) is 11.2. The van der Waals surface area contributed by atoms with Gasteiger partial charge in [0, 0.05) is 37.7 Å². The van der Waals surface area contributed by atoms with E-state index in [0.717, 1.165) is 80.8 Å². The molecule has 0 radical (unpaired) electrons. The Morgan fingerprint density at radius 2 is 1.80 bits per heavy atom. The fourth-order valence-electron chi connectivity index (χ4n) is 6.45. The van der Waals surface area contributed by atoms with Crippen molar-refractivity contribution in [2.45, 2.75) is 65.3 Å². The van der Waals surface area contributed by atoms with Crippen LogP contribution in [0.15, 0.2) is 28.7 Å². The number of piperidine rings is 2. The van der Waals surface area contributed by atoms with Crippen LogP contribution in [0.2, 0.25) is 0 Å². The van der Waals surface area contributed by atoms with Crippen LogP contribution in [0.25, 0.3) is 11.5 Å². The SMILES string of the molecule is Cc1ccccc1-c1nc(CN2CCC(C(=O)NCCCN3CC4CCCC(C4)C3)CC2)c(C)o1. The summed E-state index contributed by atoms with van der Waals surface area (Å²) in [5, 5.41) is 3.23. The van der Waals surface area contributed by atoms with Gasteiger partial charge < -0.3 is 14.6 Å². The molecule has 1 saturated carbocycles. The summed E-state index contributed by atoms with van der Waals surface area (Å²) >= 11 is 0. The van der Waals surface area contributed by atoms with Crippen molar-refractivity contribution in [3.05, 3.63) is 41.3 Å². The summed E-state index contributed by atoms with van der Waals surface area (Å²) in [5.74, 6) is 3.84. The van der Waals surface area contributed by atoms with Crippen molar-refractivity contribution in [2.24, 2.45) is 17.8 Å². The maximum absolute atomic E-state index is 12.7. The molecule has 2 unspecified atom stereocenters. The molecular weight excluding hydrogens is 436 g/mol. The van der Waals surface area contributed by atoms with Crippen molar-refractivity contribution >= 4 is 5.91 Å². The predicted octanol–water partition coefficient (Wildman–Crippen LogP) is 4.80. The van der Waals surface area contributed by atoms with Gasteiger partial charge in [0.25, 0.3) is 0 Å². The first-order chi connectivity index (χ1) is 17.0. The molecule has 1 aliphatic carbocycles. The first kappa shape index (κ1) is 24.5. The standard InChI is InChI=1S/C29H42N4O2/c1-21-7-3-4-10-26(21)29-31-27(22(2)35-29)20-32-15-11-25(12-16-32)28(34)30-13-6-14-33-18-23-8-5-9-24(17-23)19-33/h3-4,7,10,23-25H,5-6,8-9,11-20H2,1-2H3,(H,30,34). The van der Waals surface area contributed by atoms with E-state index < -0.39 is 0 Å². The van der Waals surface area contributed by atoms with Gasteiger partial charge in [0.2, 0.25) is 11.8 Å². The Kier molecular flexibility index (Phi) is 7.88. The van der Waals surface area contributed by atoms with Crippen LogP contribution in [-0.4, -0.2) is 60.0 Å². The highest BCUT2D eigenvalue weighted by Crippen LogP contribution is 2.34. The van der Waals surface area contributed by atoms with Gasteiger partial charge in [0.05, 0.1) is 5.69 Å². The average molecular weight is 479 g/mol. The quantitative estimate of drug-likeness (QED) is 0.553. The highest BCUT2D eigenvalue weighted by molar-refractivity contribution is 5.78. The zero-order chi connectivity index (χ0) is 24.2. The van der Waals surface area contributed by atoms with Crippen molar-refractivity contribution in [1.82, 2.24) is 20.1 Å². The van der Waals surface area contributed by atoms with Gasteiger partial charge in [-0.2, -0.15) is 0 Å². The van der Waals surface area contributed by atoms with Crippen LogP contribution in [0.5, 0.6) is 0 Å². The minimum Gasteiger partial charge on any atom is -0.441 e. The zero-order valence-electron chi connectivity index (χ0n) is 21.6. The number of fused-ring (bicyclic) bond motifs is 2. The Morgan fingerprint density at radius 1 is 1.06 bits per heavy atom. The number of oxazole rings is 1. The highest BCUT2D eigenvalue weighted by Gasteiger charge is 2.30. The van der Waals surface area contributed by atoms with E-state index in [2.05, 4.69) is 34.2 Å². The summed E-state index contributed by atoms with van der Waals surface area (Å²) < 4.78 is 6.00. The molecule has 1 aromatic carbocycles. The third-order valence-corrected chi connectivity index (χ3v) is 8.47. The molecule has 1 N–H and O–H groups in total. The second kappa shape index (κ2) is 11.3. The van der Waals surface area contributed by atoms with Gasteiger partial charge in [-0.25, -0.2) is 4.98 Å². The fourth-order valence-corrected chi connectivity index (χ4v) is 6.45. The topological polar surface area (TPSA) is 61.6 Å². The van der Waals surface area contributed by atoms with Gasteiger partial charge in [-0.1, -0.05) is 24.6 Å². The smallest absolute Gasteiger partial charge is 0.226 e. The Hall–Kier alpha value is -2.18. The summed E-state index contributed by atoms with van der Waals surface area (Å²) in [6.45, 7) is 11.2. The molecule has 3 heterocycles. The molecule has 6 nitrogen and oxygen atoms in total. The van der Waals surface area contributed by atoms with Crippen LogP contribution in [-0.2, 0) is 11.3 Å². The van der Waals surface area contributed by atoms with Crippen LogP contribution in [0.3, 0.4) is 0 Å². The van der Waals surface area contributed by atoms with Gasteiger partial charge in [0.1, 0.15) is 5.76 Å². The van der Waals surface area contributed by atoms with Crippen molar-refractivity contribution in [1.29, 1.82) is 0 Å². The van der Waals surface area contributed by atoms with Crippen molar-refractivity contribution in [3.8, 4) is 11.5 Å². The van der Waals surface area contributed by atoms with Crippen LogP contribution >= 0.6 is 0 Å². The molecule has 5 rings (SSSR count). The van der Waals surface area contributed by atoms with E-state index >= 15 is 0 Å². The number of hydrogen-bond donors (Lipinski definition) is 1. The van der Waals surface area contributed by atoms with Crippen molar-refractivity contribution < 1.29 is 9.21 Å². The fraction of sp³-hybridized carbons (Fsp3) is 0.655. The first-order valence-electron chi connectivity index (χ1n) is 13.8. The lowest BCUT2D eigenvalue weighted by Crippen LogP contribution is -2.44. The number of hydrogen-bond acceptors (Lipinski definition) is 5. The number of rotatable bonds is 8. The maximum atomic E-state index is 12.7. The second-order valence-electron chi connectivity index (χ2n) is 11.2. The number of carbonyl (C=O) groups excluding carboxylic acids is 1. The Balaban J connectivity index is 1.02. The number of carbonyl (C=O) groups is 1. The van der Waals surface area contributed by atoms with Gasteiger partial charge in [-0.15, -0.1) is 0 Å². The lowest BCUT2D eigenvalue weighted by Gasteiger charge is -2.41. The number of aryl methyl sites for hydroxylation is 2. The molecule has 3 fully saturated rings. The maximum Gasteiger partial charge on any atom is 0.226 e. The van der Waals surface area contributed by atoms with Gasteiger partial charge in [-0.05, 0) is 95.5 Å². The van der Waals surface area contributed by atoms with E-state index in [4.69, 9.17) is 9.40 Å². The van der Waals surface area contributed by atoms with Gasteiger partial charge in [-0.3, -0.25) is 9.69 Å². The third-order valence-electron chi connectivity index (χ3n) is 8.47. The summed E-state index contributed by atoms with van der Waals surface area (Å²) in [5.41, 5.74) is 3.24. The number of nitrogens with zero attached hydrogens (tertiary/aromatic N) is 3. The molecule has 2 bridgehead atoms. The lowest BCUT2D eigenvalue weighted by atomic mass is 9.78. The number of benzene rings is 1. The van der Waals surface area contributed by atoms with E-state index in [9.17, 15) is 4.79 Å². The highest BCUT2D eigenvalue weighted by atomic mass is 16.4. The van der Waals surface area contributed by atoms with E-state index in [1.165, 1.54) is 44.3 Å². The zero-order valence-corrected chi connectivity index (χ0v) is 21.6. The number of likely N-dealkylation sites (tertiary alicyclic amines) is 2. The van der Waals surface area contributed by atoms with Crippen LogP contribution < -0.4 is 5.32 Å². The summed E-state index contributed by atoms with van der Waals surface area (Å²) in [7, 11) is 0. The summed E-state index contributed by atoms with van der Waals surface area (Å²) in [6, 6.07) is 8.21. The molecule has 2 saturated heterocycles. The monoisotopic (exact) mass is 478 g/mol. The minimum atomic E-state index is 0.140. The molecule has 2 atom stereocenters. The molecule has 35 heavy (non-hydrogen) atoms. The molecule has 0 spiro atoms.